The van der Waals surface area contributed by atoms with Gasteiger partial charge in [-0.05, 0) is 42.5 Å². The van der Waals surface area contributed by atoms with Gasteiger partial charge >= 0.3 is 0 Å². The summed E-state index contributed by atoms with van der Waals surface area (Å²) in [6.07, 6.45) is 0. The van der Waals surface area contributed by atoms with E-state index in [0.717, 1.165) is 0 Å². The molecule has 0 aliphatic rings. The molecule has 2 amide bonds. The van der Waals surface area contributed by atoms with Gasteiger partial charge in [-0.25, -0.2) is 4.39 Å². The minimum atomic E-state index is -0.688. The van der Waals surface area contributed by atoms with Gasteiger partial charge < -0.3 is 15.1 Å². The van der Waals surface area contributed by atoms with Gasteiger partial charge in [0.1, 0.15) is 17.1 Å². The van der Waals surface area contributed by atoms with Gasteiger partial charge in [-0.2, -0.15) is 0 Å². The lowest BCUT2D eigenvalue weighted by molar-refractivity contribution is 0.0999. The Morgan fingerprint density at radius 3 is 2.41 bits per heavy atom. The Morgan fingerprint density at radius 1 is 0.862 bits per heavy atom. The zero-order chi connectivity index (χ0) is 20.4. The predicted octanol–water partition coefficient (Wildman–Crippen LogP) is 5.73. The summed E-state index contributed by atoms with van der Waals surface area (Å²) in [4.78, 5) is 25.4. The van der Waals surface area contributed by atoms with Crippen LogP contribution in [0.4, 0.5) is 15.8 Å². The summed E-state index contributed by atoms with van der Waals surface area (Å²) < 4.78 is 19.7. The fraction of sp³-hybridized carbons (Fsp3) is 0. The van der Waals surface area contributed by atoms with Crippen molar-refractivity contribution in [1.29, 1.82) is 0 Å². The highest BCUT2D eigenvalue weighted by molar-refractivity contribution is 6.31. The highest BCUT2D eigenvalue weighted by Crippen LogP contribution is 2.32. The van der Waals surface area contributed by atoms with Crippen molar-refractivity contribution in [2.45, 2.75) is 0 Å². The largest absolute Gasteiger partial charge is 0.449 e. The third-order valence-corrected chi connectivity index (χ3v) is 4.48. The molecule has 0 aliphatic carbocycles. The summed E-state index contributed by atoms with van der Waals surface area (Å²) in [5.74, 6) is -2.03. The maximum atomic E-state index is 14.0. The standard InChI is InChI=1S/C22H14ClFN2O3/c23-13-6-5-7-14(12-13)25-22(28)20-19(16-9-2-4-11-18(16)29-20)26-21(27)15-8-1-3-10-17(15)24/h1-12H,(H,25,28)(H,26,27). The molecule has 144 valence electrons. The molecule has 4 rings (SSSR count). The molecular formula is C22H14ClFN2O3. The highest BCUT2D eigenvalue weighted by atomic mass is 35.5. The number of amides is 2. The number of anilines is 2. The van der Waals surface area contributed by atoms with Crippen LogP contribution in [0.1, 0.15) is 20.9 Å². The molecule has 0 radical (unpaired) electrons. The molecule has 0 unspecified atom stereocenters. The molecule has 2 N–H and O–H groups in total. The number of benzene rings is 3. The average Bonchev–Trinajstić information content (AvgIpc) is 3.07. The van der Waals surface area contributed by atoms with Crippen LogP contribution in [-0.4, -0.2) is 11.8 Å². The number of carbonyl (C=O) groups excluding carboxylic acids is 2. The molecule has 0 saturated heterocycles. The Bertz CT molecular complexity index is 1240. The number of furan rings is 1. The molecule has 7 heteroatoms. The number of carbonyl (C=O) groups is 2. The van der Waals surface area contributed by atoms with Crippen molar-refractivity contribution in [2.75, 3.05) is 10.6 Å². The number of halogens is 2. The highest BCUT2D eigenvalue weighted by Gasteiger charge is 2.23. The Labute approximate surface area is 170 Å². The molecular weight excluding hydrogens is 395 g/mol. The number of nitrogens with one attached hydrogen (secondary N) is 2. The molecule has 29 heavy (non-hydrogen) atoms. The predicted molar refractivity (Wildman–Crippen MR) is 110 cm³/mol. The van der Waals surface area contributed by atoms with Gasteiger partial charge in [0.2, 0.25) is 5.76 Å². The van der Waals surface area contributed by atoms with Crippen LogP contribution in [-0.2, 0) is 0 Å². The van der Waals surface area contributed by atoms with Crippen LogP contribution < -0.4 is 10.6 Å². The van der Waals surface area contributed by atoms with E-state index in [-0.39, 0.29) is 17.0 Å². The van der Waals surface area contributed by atoms with E-state index in [2.05, 4.69) is 10.6 Å². The van der Waals surface area contributed by atoms with Crippen LogP contribution in [0.25, 0.3) is 11.0 Å². The zero-order valence-corrected chi connectivity index (χ0v) is 15.7. The van der Waals surface area contributed by atoms with Crippen molar-refractivity contribution >= 4 is 45.8 Å². The van der Waals surface area contributed by atoms with Gasteiger partial charge in [-0.1, -0.05) is 41.9 Å². The zero-order valence-electron chi connectivity index (χ0n) is 14.9. The molecule has 1 heterocycles. The van der Waals surface area contributed by atoms with E-state index in [4.69, 9.17) is 16.0 Å². The lowest BCUT2D eigenvalue weighted by atomic mass is 10.1. The minimum absolute atomic E-state index is 0.101. The number of hydrogen-bond acceptors (Lipinski definition) is 3. The molecule has 5 nitrogen and oxygen atoms in total. The molecule has 0 aliphatic heterocycles. The molecule has 0 spiro atoms. The van der Waals surface area contributed by atoms with Gasteiger partial charge in [0, 0.05) is 16.1 Å². The van der Waals surface area contributed by atoms with E-state index in [1.54, 1.807) is 54.6 Å². The van der Waals surface area contributed by atoms with Gasteiger partial charge in [-0.15, -0.1) is 0 Å². The topological polar surface area (TPSA) is 71.3 Å². The number of hydrogen-bond donors (Lipinski definition) is 2. The van der Waals surface area contributed by atoms with Crippen molar-refractivity contribution in [3.8, 4) is 0 Å². The first-order valence-corrected chi connectivity index (χ1v) is 9.05. The summed E-state index contributed by atoms with van der Waals surface area (Å²) >= 11 is 5.95. The van der Waals surface area contributed by atoms with Gasteiger partial charge in [0.05, 0.1) is 5.56 Å². The molecule has 3 aromatic carbocycles. The fourth-order valence-corrected chi connectivity index (χ4v) is 3.10. The molecule has 0 bridgehead atoms. The van der Waals surface area contributed by atoms with Crippen LogP contribution in [0.3, 0.4) is 0 Å². The van der Waals surface area contributed by atoms with Crippen molar-refractivity contribution in [3.05, 3.63) is 95.0 Å². The van der Waals surface area contributed by atoms with E-state index >= 15 is 0 Å². The monoisotopic (exact) mass is 408 g/mol. The minimum Gasteiger partial charge on any atom is -0.449 e. The average molecular weight is 409 g/mol. The van der Waals surface area contributed by atoms with Gasteiger partial charge in [0.15, 0.2) is 0 Å². The van der Waals surface area contributed by atoms with E-state index in [0.29, 0.717) is 21.7 Å². The van der Waals surface area contributed by atoms with Crippen LogP contribution >= 0.6 is 11.6 Å². The summed E-state index contributed by atoms with van der Waals surface area (Å²) in [5, 5.41) is 6.27. The van der Waals surface area contributed by atoms with E-state index in [9.17, 15) is 14.0 Å². The van der Waals surface area contributed by atoms with Crippen LogP contribution in [0.2, 0.25) is 5.02 Å². The Morgan fingerprint density at radius 2 is 1.62 bits per heavy atom. The first-order chi connectivity index (χ1) is 14.0. The van der Waals surface area contributed by atoms with E-state index in [1.165, 1.54) is 18.2 Å². The first-order valence-electron chi connectivity index (χ1n) is 8.67. The number of para-hydroxylation sites is 1. The second-order valence-electron chi connectivity index (χ2n) is 6.20. The van der Waals surface area contributed by atoms with Crippen LogP contribution in [0.5, 0.6) is 0 Å². The van der Waals surface area contributed by atoms with Crippen molar-refractivity contribution in [1.82, 2.24) is 0 Å². The third kappa shape index (κ3) is 3.83. The maximum Gasteiger partial charge on any atom is 0.293 e. The molecule has 4 aromatic rings. The Balaban J connectivity index is 1.72. The quantitative estimate of drug-likeness (QED) is 0.453. The van der Waals surface area contributed by atoms with Crippen LogP contribution in [0, 0.1) is 5.82 Å². The summed E-state index contributed by atoms with van der Waals surface area (Å²) in [6.45, 7) is 0. The first kappa shape index (κ1) is 18.7. The molecule has 0 saturated carbocycles. The fourth-order valence-electron chi connectivity index (χ4n) is 2.91. The number of rotatable bonds is 4. The summed E-state index contributed by atoms with van der Waals surface area (Å²) in [6, 6.07) is 19.1. The Hall–Kier alpha value is -3.64. The van der Waals surface area contributed by atoms with Crippen molar-refractivity contribution in [2.24, 2.45) is 0 Å². The maximum absolute atomic E-state index is 14.0. The van der Waals surface area contributed by atoms with Gasteiger partial charge in [-0.3, -0.25) is 9.59 Å². The van der Waals surface area contributed by atoms with Gasteiger partial charge in [0.25, 0.3) is 11.8 Å². The molecule has 1 aromatic heterocycles. The second kappa shape index (κ2) is 7.77. The third-order valence-electron chi connectivity index (χ3n) is 4.24. The summed E-state index contributed by atoms with van der Waals surface area (Å²) in [5.41, 5.74) is 0.897. The lowest BCUT2D eigenvalue weighted by Crippen LogP contribution is -2.18. The van der Waals surface area contributed by atoms with Crippen molar-refractivity contribution in [3.63, 3.8) is 0 Å². The Kier molecular flexibility index (Phi) is 5.01. The normalized spacial score (nSPS) is 10.7. The summed E-state index contributed by atoms with van der Waals surface area (Å²) in [7, 11) is 0. The smallest absolute Gasteiger partial charge is 0.293 e. The lowest BCUT2D eigenvalue weighted by Gasteiger charge is -2.08. The molecule has 0 atom stereocenters. The number of fused-ring (bicyclic) bond motifs is 1. The van der Waals surface area contributed by atoms with E-state index in [1.807, 2.05) is 0 Å². The SMILES string of the molecule is O=C(Nc1c(C(=O)Nc2cccc(Cl)c2)oc2ccccc12)c1ccccc1F. The van der Waals surface area contributed by atoms with Crippen molar-refractivity contribution < 1.29 is 18.4 Å². The molecule has 0 fully saturated rings. The van der Waals surface area contributed by atoms with E-state index < -0.39 is 17.6 Å². The van der Waals surface area contributed by atoms with Crippen LogP contribution in [0.15, 0.2) is 77.2 Å². The second-order valence-corrected chi connectivity index (χ2v) is 6.64.